The summed E-state index contributed by atoms with van der Waals surface area (Å²) in [5, 5.41) is 3.68. The van der Waals surface area contributed by atoms with E-state index >= 15 is 0 Å². The summed E-state index contributed by atoms with van der Waals surface area (Å²) in [4.78, 5) is 42.8. The Morgan fingerprint density at radius 1 is 1.41 bits per heavy atom. The molecule has 0 saturated heterocycles. The van der Waals surface area contributed by atoms with Crippen molar-refractivity contribution in [1.29, 1.82) is 0 Å². The molecule has 0 bridgehead atoms. The van der Waals surface area contributed by atoms with Crippen LogP contribution in [0.25, 0.3) is 10.2 Å². The summed E-state index contributed by atoms with van der Waals surface area (Å²) >= 11 is 2.76. The molecule has 2 aromatic heterocycles. The number of hydrogen-bond donors (Lipinski definition) is 1. The molecule has 144 valence electrons. The number of amides is 1. The lowest BCUT2D eigenvalue weighted by Gasteiger charge is -2.12. The van der Waals surface area contributed by atoms with Crippen LogP contribution >= 0.6 is 23.1 Å². The Bertz CT molecular complexity index is 948. The van der Waals surface area contributed by atoms with Gasteiger partial charge in [0.2, 0.25) is 5.91 Å². The average molecular weight is 408 g/mol. The van der Waals surface area contributed by atoms with Gasteiger partial charge in [-0.25, -0.2) is 4.98 Å². The SMILES string of the molecule is C=CCn1c(SCC(=O)NCC(=O)OC)nc2sc3c(c2c1=O)CCCC3. The monoisotopic (exact) mass is 407 g/mol. The lowest BCUT2D eigenvalue weighted by Crippen LogP contribution is -2.31. The Morgan fingerprint density at radius 3 is 2.93 bits per heavy atom. The molecule has 0 unspecified atom stereocenters. The number of methoxy groups -OCH3 is 1. The van der Waals surface area contributed by atoms with E-state index < -0.39 is 5.97 Å². The summed E-state index contributed by atoms with van der Waals surface area (Å²) in [6.45, 7) is 3.87. The maximum Gasteiger partial charge on any atom is 0.325 e. The molecule has 7 nitrogen and oxygen atoms in total. The molecular formula is C18H21N3O4S2. The molecule has 1 aliphatic carbocycles. The van der Waals surface area contributed by atoms with Crippen LogP contribution in [0.2, 0.25) is 0 Å². The number of allylic oxidation sites excluding steroid dienone is 1. The maximum atomic E-state index is 13.1. The van der Waals surface area contributed by atoms with Crippen molar-refractivity contribution < 1.29 is 14.3 Å². The fraction of sp³-hybridized carbons (Fsp3) is 0.444. The number of aromatic nitrogens is 2. The van der Waals surface area contributed by atoms with Crippen molar-refractivity contribution in [3.8, 4) is 0 Å². The first-order chi connectivity index (χ1) is 13.0. The number of thioether (sulfide) groups is 1. The highest BCUT2D eigenvalue weighted by molar-refractivity contribution is 7.99. The van der Waals surface area contributed by atoms with Crippen LogP contribution in [0.5, 0.6) is 0 Å². The summed E-state index contributed by atoms with van der Waals surface area (Å²) in [6.07, 6.45) is 5.80. The number of nitrogens with one attached hydrogen (secondary N) is 1. The lowest BCUT2D eigenvalue weighted by molar-refractivity contribution is -0.140. The van der Waals surface area contributed by atoms with E-state index in [0.717, 1.165) is 41.5 Å². The zero-order valence-corrected chi connectivity index (χ0v) is 16.7. The second kappa shape index (κ2) is 8.71. The van der Waals surface area contributed by atoms with E-state index in [4.69, 9.17) is 0 Å². The lowest BCUT2D eigenvalue weighted by atomic mass is 9.97. The van der Waals surface area contributed by atoms with Crippen molar-refractivity contribution in [2.75, 3.05) is 19.4 Å². The second-order valence-corrected chi connectivity index (χ2v) is 8.16. The second-order valence-electron chi connectivity index (χ2n) is 6.13. The molecule has 2 heterocycles. The molecule has 0 aromatic carbocycles. The standard InChI is InChI=1S/C18H21N3O4S2/c1-3-8-21-17(24)15-11-6-4-5-7-12(11)27-16(15)20-18(21)26-10-13(22)19-9-14(23)25-2/h3H,1,4-10H2,2H3,(H,19,22). The number of aryl methyl sites for hydroxylation is 2. The molecule has 2 aromatic rings. The molecule has 0 radical (unpaired) electrons. The number of thiophene rings is 1. The minimum atomic E-state index is -0.513. The number of ether oxygens (including phenoxy) is 1. The topological polar surface area (TPSA) is 90.3 Å². The van der Waals surface area contributed by atoms with E-state index in [9.17, 15) is 14.4 Å². The minimum absolute atomic E-state index is 0.0528. The maximum absolute atomic E-state index is 13.1. The van der Waals surface area contributed by atoms with Crippen molar-refractivity contribution in [2.24, 2.45) is 0 Å². The van der Waals surface area contributed by atoms with Gasteiger partial charge < -0.3 is 10.1 Å². The largest absolute Gasteiger partial charge is 0.468 e. The number of esters is 1. The molecule has 0 aliphatic heterocycles. The van der Waals surface area contributed by atoms with Crippen LogP contribution in [-0.4, -0.2) is 40.8 Å². The molecule has 0 spiro atoms. The van der Waals surface area contributed by atoms with Gasteiger partial charge in [-0.15, -0.1) is 17.9 Å². The predicted octanol–water partition coefficient (Wildman–Crippen LogP) is 1.90. The van der Waals surface area contributed by atoms with Crippen LogP contribution in [0.3, 0.4) is 0 Å². The Morgan fingerprint density at radius 2 is 2.19 bits per heavy atom. The highest BCUT2D eigenvalue weighted by Gasteiger charge is 2.22. The molecule has 1 aliphatic rings. The van der Waals surface area contributed by atoms with E-state index in [1.165, 1.54) is 23.7 Å². The summed E-state index contributed by atoms with van der Waals surface area (Å²) in [6, 6.07) is 0. The zero-order valence-electron chi connectivity index (χ0n) is 15.1. The van der Waals surface area contributed by atoms with E-state index in [1.807, 2.05) is 0 Å². The summed E-state index contributed by atoms with van der Waals surface area (Å²) in [5.74, 6) is -0.784. The van der Waals surface area contributed by atoms with Gasteiger partial charge in [-0.3, -0.25) is 19.0 Å². The molecule has 9 heteroatoms. The van der Waals surface area contributed by atoms with E-state index in [-0.39, 0.29) is 23.8 Å². The van der Waals surface area contributed by atoms with Gasteiger partial charge in [0.1, 0.15) is 11.4 Å². The van der Waals surface area contributed by atoms with Gasteiger partial charge >= 0.3 is 5.97 Å². The first-order valence-corrected chi connectivity index (χ1v) is 10.5. The number of rotatable bonds is 7. The predicted molar refractivity (Wildman–Crippen MR) is 106 cm³/mol. The van der Waals surface area contributed by atoms with Crippen molar-refractivity contribution in [3.63, 3.8) is 0 Å². The fourth-order valence-corrected chi connectivity index (χ4v) is 5.19. The first-order valence-electron chi connectivity index (χ1n) is 8.67. The number of hydrogen-bond acceptors (Lipinski definition) is 7. The summed E-state index contributed by atoms with van der Waals surface area (Å²) in [7, 11) is 1.26. The van der Waals surface area contributed by atoms with Crippen molar-refractivity contribution in [3.05, 3.63) is 33.4 Å². The molecule has 27 heavy (non-hydrogen) atoms. The van der Waals surface area contributed by atoms with Gasteiger partial charge in [-0.05, 0) is 31.2 Å². The van der Waals surface area contributed by atoms with Gasteiger partial charge in [-0.2, -0.15) is 0 Å². The molecule has 0 atom stereocenters. The molecular weight excluding hydrogens is 386 g/mol. The van der Waals surface area contributed by atoms with Crippen LogP contribution in [0, 0.1) is 0 Å². The Kier molecular flexibility index (Phi) is 6.33. The molecule has 0 saturated carbocycles. The van der Waals surface area contributed by atoms with Gasteiger partial charge in [0, 0.05) is 11.4 Å². The van der Waals surface area contributed by atoms with Crippen molar-refractivity contribution in [2.45, 2.75) is 37.4 Å². The Hall–Kier alpha value is -2.13. The number of carbonyl (C=O) groups is 2. The Labute approximate surface area is 164 Å². The van der Waals surface area contributed by atoms with Crippen LogP contribution < -0.4 is 10.9 Å². The molecule has 1 N–H and O–H groups in total. The zero-order chi connectivity index (χ0) is 19.4. The third-order valence-corrected chi connectivity index (χ3v) is 6.50. The Balaban J connectivity index is 1.87. The average Bonchev–Trinajstić information content (AvgIpc) is 3.05. The smallest absolute Gasteiger partial charge is 0.325 e. The number of fused-ring (bicyclic) bond motifs is 3. The van der Waals surface area contributed by atoms with Crippen LogP contribution in [-0.2, 0) is 33.7 Å². The molecule has 3 rings (SSSR count). The van der Waals surface area contributed by atoms with Crippen molar-refractivity contribution in [1.82, 2.24) is 14.9 Å². The van der Waals surface area contributed by atoms with E-state index in [2.05, 4.69) is 21.6 Å². The quantitative estimate of drug-likeness (QED) is 0.326. The van der Waals surface area contributed by atoms with Gasteiger partial charge in [0.05, 0.1) is 18.2 Å². The summed E-state index contributed by atoms with van der Waals surface area (Å²) < 4.78 is 6.05. The van der Waals surface area contributed by atoms with Gasteiger partial charge in [-0.1, -0.05) is 17.8 Å². The molecule has 0 fully saturated rings. The summed E-state index contributed by atoms with van der Waals surface area (Å²) in [5.41, 5.74) is 1.07. The minimum Gasteiger partial charge on any atom is -0.468 e. The fourth-order valence-electron chi connectivity index (χ4n) is 3.04. The number of nitrogens with zero attached hydrogens (tertiary/aromatic N) is 2. The highest BCUT2D eigenvalue weighted by Crippen LogP contribution is 2.34. The van der Waals surface area contributed by atoms with Gasteiger partial charge in [0.25, 0.3) is 5.56 Å². The van der Waals surface area contributed by atoms with Crippen LogP contribution in [0.4, 0.5) is 0 Å². The number of carbonyl (C=O) groups excluding carboxylic acids is 2. The normalized spacial score (nSPS) is 13.2. The highest BCUT2D eigenvalue weighted by atomic mass is 32.2. The first kappa shape index (κ1) is 19.6. The third-order valence-electron chi connectivity index (χ3n) is 4.34. The third kappa shape index (κ3) is 4.24. The molecule has 1 amide bonds. The van der Waals surface area contributed by atoms with E-state index in [0.29, 0.717) is 11.7 Å². The van der Waals surface area contributed by atoms with Crippen molar-refractivity contribution >= 4 is 45.2 Å². The van der Waals surface area contributed by atoms with E-state index in [1.54, 1.807) is 22.0 Å². The van der Waals surface area contributed by atoms with Crippen LogP contribution in [0.15, 0.2) is 22.6 Å². The van der Waals surface area contributed by atoms with Gasteiger partial charge in [0.15, 0.2) is 5.16 Å². The van der Waals surface area contributed by atoms with Crippen LogP contribution in [0.1, 0.15) is 23.3 Å².